The van der Waals surface area contributed by atoms with Crippen LogP contribution in [-0.2, 0) is 14.3 Å². The molecule has 0 radical (unpaired) electrons. The predicted molar refractivity (Wildman–Crippen MR) is 60.1 cm³/mol. The van der Waals surface area contributed by atoms with Crippen molar-refractivity contribution in [2.75, 3.05) is 19.8 Å². The molecule has 0 aromatic carbocycles. The van der Waals surface area contributed by atoms with Crippen LogP contribution in [0, 0.1) is 5.92 Å². The van der Waals surface area contributed by atoms with Gasteiger partial charge in [0.2, 0.25) is 5.91 Å². The molecule has 0 spiro atoms. The van der Waals surface area contributed by atoms with Gasteiger partial charge in [-0.3, -0.25) is 4.79 Å². The molecule has 16 heavy (non-hydrogen) atoms. The number of amides is 1. The largest absolute Gasteiger partial charge is 0.381 e. The van der Waals surface area contributed by atoms with Gasteiger partial charge in [0.15, 0.2) is 0 Å². The van der Waals surface area contributed by atoms with E-state index in [1.807, 2.05) is 6.92 Å². The van der Waals surface area contributed by atoms with Gasteiger partial charge in [-0.1, -0.05) is 0 Å². The SMILES string of the molecule is CC(NC(=O)C1CCOCC1)C1CCCO1. The number of carbonyl (C=O) groups is 1. The van der Waals surface area contributed by atoms with Crippen molar-refractivity contribution in [2.24, 2.45) is 5.92 Å². The van der Waals surface area contributed by atoms with Crippen molar-refractivity contribution in [1.82, 2.24) is 5.32 Å². The van der Waals surface area contributed by atoms with E-state index >= 15 is 0 Å². The van der Waals surface area contributed by atoms with E-state index in [9.17, 15) is 4.79 Å². The van der Waals surface area contributed by atoms with Crippen LogP contribution >= 0.6 is 0 Å². The fourth-order valence-electron chi connectivity index (χ4n) is 2.39. The highest BCUT2D eigenvalue weighted by Crippen LogP contribution is 2.18. The smallest absolute Gasteiger partial charge is 0.223 e. The summed E-state index contributed by atoms with van der Waals surface area (Å²) in [6, 6.07) is 0.137. The van der Waals surface area contributed by atoms with Gasteiger partial charge in [0, 0.05) is 25.7 Å². The van der Waals surface area contributed by atoms with Crippen molar-refractivity contribution in [1.29, 1.82) is 0 Å². The molecule has 0 aliphatic carbocycles. The second kappa shape index (κ2) is 5.64. The molecule has 4 heteroatoms. The second-order valence-electron chi connectivity index (χ2n) is 4.74. The Hall–Kier alpha value is -0.610. The van der Waals surface area contributed by atoms with E-state index in [1.165, 1.54) is 0 Å². The number of nitrogens with one attached hydrogen (secondary N) is 1. The van der Waals surface area contributed by atoms with Gasteiger partial charge in [-0.05, 0) is 32.6 Å². The zero-order valence-corrected chi connectivity index (χ0v) is 9.91. The molecule has 0 bridgehead atoms. The molecule has 2 aliphatic heterocycles. The van der Waals surface area contributed by atoms with E-state index in [0.29, 0.717) is 13.2 Å². The van der Waals surface area contributed by atoms with Crippen molar-refractivity contribution in [3.63, 3.8) is 0 Å². The lowest BCUT2D eigenvalue weighted by Crippen LogP contribution is -2.44. The van der Waals surface area contributed by atoms with Crippen molar-refractivity contribution in [2.45, 2.75) is 44.8 Å². The van der Waals surface area contributed by atoms with Crippen LogP contribution in [-0.4, -0.2) is 37.9 Å². The van der Waals surface area contributed by atoms with Gasteiger partial charge in [-0.2, -0.15) is 0 Å². The Morgan fingerprint density at radius 2 is 2.00 bits per heavy atom. The summed E-state index contributed by atoms with van der Waals surface area (Å²) in [5, 5.41) is 3.07. The number of carbonyl (C=O) groups excluding carboxylic acids is 1. The minimum atomic E-state index is 0.137. The van der Waals surface area contributed by atoms with Gasteiger partial charge >= 0.3 is 0 Å². The predicted octanol–water partition coefficient (Wildman–Crippen LogP) is 1.10. The van der Waals surface area contributed by atoms with Gasteiger partial charge in [0.1, 0.15) is 0 Å². The average Bonchev–Trinajstić information content (AvgIpc) is 2.83. The first-order valence-electron chi connectivity index (χ1n) is 6.27. The molecule has 2 fully saturated rings. The summed E-state index contributed by atoms with van der Waals surface area (Å²) < 4.78 is 10.8. The van der Waals surface area contributed by atoms with Crippen LogP contribution in [0.4, 0.5) is 0 Å². The highest BCUT2D eigenvalue weighted by molar-refractivity contribution is 5.79. The third-order valence-corrected chi connectivity index (χ3v) is 3.48. The third-order valence-electron chi connectivity index (χ3n) is 3.48. The minimum Gasteiger partial charge on any atom is -0.381 e. The highest BCUT2D eigenvalue weighted by atomic mass is 16.5. The van der Waals surface area contributed by atoms with Gasteiger partial charge in [-0.25, -0.2) is 0 Å². The first-order chi connectivity index (χ1) is 7.77. The summed E-state index contributed by atoms with van der Waals surface area (Å²) in [7, 11) is 0. The number of rotatable bonds is 3. The van der Waals surface area contributed by atoms with Crippen LogP contribution in [0.3, 0.4) is 0 Å². The molecule has 1 N–H and O–H groups in total. The lowest BCUT2D eigenvalue weighted by Gasteiger charge is -2.25. The first-order valence-corrected chi connectivity index (χ1v) is 6.27. The van der Waals surface area contributed by atoms with Crippen LogP contribution < -0.4 is 5.32 Å². The Kier molecular flexibility index (Phi) is 4.18. The molecule has 0 saturated carbocycles. The van der Waals surface area contributed by atoms with Crippen LogP contribution in [0.5, 0.6) is 0 Å². The Balaban J connectivity index is 1.76. The maximum atomic E-state index is 11.9. The van der Waals surface area contributed by atoms with Crippen molar-refractivity contribution in [3.05, 3.63) is 0 Å². The van der Waals surface area contributed by atoms with Crippen LogP contribution in [0.2, 0.25) is 0 Å². The standard InChI is InChI=1S/C12H21NO3/c1-9(11-3-2-6-16-11)13-12(14)10-4-7-15-8-5-10/h9-11H,2-8H2,1H3,(H,13,14). The lowest BCUT2D eigenvalue weighted by atomic mass is 9.98. The van der Waals surface area contributed by atoms with Gasteiger partial charge in [0.05, 0.1) is 12.1 Å². The number of hydrogen-bond acceptors (Lipinski definition) is 3. The molecule has 2 heterocycles. The summed E-state index contributed by atoms with van der Waals surface area (Å²) in [6.07, 6.45) is 4.09. The maximum Gasteiger partial charge on any atom is 0.223 e. The van der Waals surface area contributed by atoms with E-state index in [-0.39, 0.29) is 24.0 Å². The molecule has 0 aromatic rings. The Morgan fingerprint density at radius 1 is 1.25 bits per heavy atom. The Morgan fingerprint density at radius 3 is 2.62 bits per heavy atom. The van der Waals surface area contributed by atoms with E-state index in [0.717, 1.165) is 32.3 Å². The molecule has 2 rings (SSSR count). The van der Waals surface area contributed by atoms with Gasteiger partial charge in [-0.15, -0.1) is 0 Å². The minimum absolute atomic E-state index is 0.137. The molecule has 1 amide bonds. The summed E-state index contributed by atoms with van der Waals surface area (Å²) in [4.78, 5) is 11.9. The molecule has 92 valence electrons. The molecule has 2 aliphatic rings. The number of ether oxygens (including phenoxy) is 2. The van der Waals surface area contributed by atoms with Gasteiger partial charge < -0.3 is 14.8 Å². The first kappa shape index (κ1) is 11.9. The quantitative estimate of drug-likeness (QED) is 0.785. The van der Waals surface area contributed by atoms with Crippen LogP contribution in [0.1, 0.15) is 32.6 Å². The highest BCUT2D eigenvalue weighted by Gasteiger charge is 2.27. The Bertz CT molecular complexity index is 232. The molecule has 2 saturated heterocycles. The summed E-state index contributed by atoms with van der Waals surface area (Å²) in [5.41, 5.74) is 0. The fraction of sp³-hybridized carbons (Fsp3) is 0.917. The zero-order valence-electron chi connectivity index (χ0n) is 9.91. The second-order valence-corrected chi connectivity index (χ2v) is 4.74. The van der Waals surface area contributed by atoms with Crippen molar-refractivity contribution in [3.8, 4) is 0 Å². The number of hydrogen-bond donors (Lipinski definition) is 1. The summed E-state index contributed by atoms with van der Waals surface area (Å²) in [5.74, 6) is 0.309. The monoisotopic (exact) mass is 227 g/mol. The topological polar surface area (TPSA) is 47.6 Å². The molecule has 0 aromatic heterocycles. The van der Waals surface area contributed by atoms with Crippen molar-refractivity contribution < 1.29 is 14.3 Å². The van der Waals surface area contributed by atoms with E-state index < -0.39 is 0 Å². The summed E-state index contributed by atoms with van der Waals surface area (Å²) in [6.45, 7) is 4.30. The Labute approximate surface area is 96.7 Å². The van der Waals surface area contributed by atoms with Crippen molar-refractivity contribution >= 4 is 5.91 Å². The molecular weight excluding hydrogens is 206 g/mol. The van der Waals surface area contributed by atoms with E-state index in [1.54, 1.807) is 0 Å². The zero-order chi connectivity index (χ0) is 11.4. The van der Waals surface area contributed by atoms with Crippen LogP contribution in [0.25, 0.3) is 0 Å². The molecule has 4 nitrogen and oxygen atoms in total. The maximum absolute atomic E-state index is 11.9. The van der Waals surface area contributed by atoms with E-state index in [4.69, 9.17) is 9.47 Å². The van der Waals surface area contributed by atoms with Crippen LogP contribution in [0.15, 0.2) is 0 Å². The fourth-order valence-corrected chi connectivity index (χ4v) is 2.39. The normalized spacial score (nSPS) is 28.9. The third kappa shape index (κ3) is 2.95. The van der Waals surface area contributed by atoms with Gasteiger partial charge in [0.25, 0.3) is 0 Å². The summed E-state index contributed by atoms with van der Waals surface area (Å²) >= 11 is 0. The average molecular weight is 227 g/mol. The molecular formula is C12H21NO3. The lowest BCUT2D eigenvalue weighted by molar-refractivity contribution is -0.129. The van der Waals surface area contributed by atoms with E-state index in [2.05, 4.69) is 5.32 Å². The molecule has 2 unspecified atom stereocenters. The molecule has 2 atom stereocenters.